The Bertz CT molecular complexity index is 794. The van der Waals surface area contributed by atoms with Crippen LogP contribution in [-0.4, -0.2) is 47.5 Å². The molecule has 8 heteroatoms. The van der Waals surface area contributed by atoms with Crippen LogP contribution in [0.15, 0.2) is 24.3 Å². The molecular weight excluding hydrogens is 359 g/mol. The fourth-order valence-electron chi connectivity index (χ4n) is 3.21. The number of hydrogen-bond donors (Lipinski definition) is 3. The number of aliphatic hydroxyl groups excluding tert-OH is 1. The number of nitrogens with zero attached hydrogens (tertiary/aromatic N) is 4. The number of aromatic nitrogens is 2. The van der Waals surface area contributed by atoms with E-state index in [1.54, 1.807) is 12.1 Å². The SMILES string of the molecule is CC[C@H](CO)Nc1nc(N(C)Cc2ccc(F)cc2)c2c(n1)N(C(C)C)CN2. The van der Waals surface area contributed by atoms with Gasteiger partial charge in [0.25, 0.3) is 0 Å². The molecule has 0 saturated heterocycles. The molecule has 0 radical (unpaired) electrons. The molecule has 152 valence electrons. The topological polar surface area (TPSA) is 76.5 Å². The molecule has 1 aliphatic heterocycles. The van der Waals surface area contributed by atoms with E-state index in [1.807, 2.05) is 18.9 Å². The maximum absolute atomic E-state index is 13.2. The predicted octanol–water partition coefficient (Wildman–Crippen LogP) is 3.03. The second-order valence-corrected chi connectivity index (χ2v) is 7.38. The highest BCUT2D eigenvalue weighted by Crippen LogP contribution is 2.39. The maximum Gasteiger partial charge on any atom is 0.227 e. The Morgan fingerprint density at radius 2 is 2.00 bits per heavy atom. The van der Waals surface area contributed by atoms with E-state index < -0.39 is 0 Å². The molecule has 1 atom stereocenters. The summed E-state index contributed by atoms with van der Waals surface area (Å²) in [6.07, 6.45) is 0.768. The molecule has 7 nitrogen and oxygen atoms in total. The lowest BCUT2D eigenvalue weighted by Crippen LogP contribution is -2.31. The van der Waals surface area contributed by atoms with Crippen LogP contribution in [0, 0.1) is 5.82 Å². The number of hydrogen-bond acceptors (Lipinski definition) is 7. The van der Waals surface area contributed by atoms with Crippen molar-refractivity contribution >= 4 is 23.3 Å². The van der Waals surface area contributed by atoms with Gasteiger partial charge in [-0.2, -0.15) is 9.97 Å². The van der Waals surface area contributed by atoms with Crippen molar-refractivity contribution in [3.63, 3.8) is 0 Å². The molecule has 1 aromatic carbocycles. The summed E-state index contributed by atoms with van der Waals surface area (Å²) in [5, 5.41) is 16.2. The molecule has 0 spiro atoms. The molecule has 3 rings (SSSR count). The van der Waals surface area contributed by atoms with Gasteiger partial charge >= 0.3 is 0 Å². The summed E-state index contributed by atoms with van der Waals surface area (Å²) in [5.41, 5.74) is 1.88. The zero-order chi connectivity index (χ0) is 20.3. The minimum Gasteiger partial charge on any atom is -0.394 e. The summed E-state index contributed by atoms with van der Waals surface area (Å²) in [6.45, 7) is 7.52. The number of aliphatic hydroxyl groups is 1. The van der Waals surface area contributed by atoms with Gasteiger partial charge in [-0.3, -0.25) is 0 Å². The van der Waals surface area contributed by atoms with Crippen molar-refractivity contribution in [3.8, 4) is 0 Å². The highest BCUT2D eigenvalue weighted by molar-refractivity contribution is 5.83. The van der Waals surface area contributed by atoms with Gasteiger partial charge < -0.3 is 25.5 Å². The number of anilines is 4. The Kier molecular flexibility index (Phi) is 6.18. The Morgan fingerprint density at radius 1 is 1.29 bits per heavy atom. The number of nitrogens with one attached hydrogen (secondary N) is 2. The van der Waals surface area contributed by atoms with E-state index in [0.29, 0.717) is 19.2 Å². The molecule has 28 heavy (non-hydrogen) atoms. The van der Waals surface area contributed by atoms with Crippen LogP contribution >= 0.6 is 0 Å². The van der Waals surface area contributed by atoms with Crippen molar-refractivity contribution < 1.29 is 9.50 Å². The van der Waals surface area contributed by atoms with Gasteiger partial charge in [-0.15, -0.1) is 0 Å². The van der Waals surface area contributed by atoms with Crippen molar-refractivity contribution in [1.29, 1.82) is 0 Å². The molecule has 0 bridgehead atoms. The summed E-state index contributed by atoms with van der Waals surface area (Å²) in [5.74, 6) is 1.87. The Balaban J connectivity index is 1.95. The lowest BCUT2D eigenvalue weighted by Gasteiger charge is -2.25. The quantitative estimate of drug-likeness (QED) is 0.642. The average molecular weight is 388 g/mol. The summed E-state index contributed by atoms with van der Waals surface area (Å²) >= 11 is 0. The minimum absolute atomic E-state index is 0.0177. The fourth-order valence-corrected chi connectivity index (χ4v) is 3.21. The standard InChI is InChI=1S/C20H29FN6O/c1-5-16(11-28)23-20-24-18(17-19(25-20)27(12-22-17)13(2)3)26(4)10-14-6-8-15(21)9-7-14/h6-9,13,16,22,28H,5,10-12H2,1-4H3,(H,23,24,25)/t16-/m1/s1. The van der Waals surface area contributed by atoms with E-state index >= 15 is 0 Å². The lowest BCUT2D eigenvalue weighted by atomic mass is 10.2. The second kappa shape index (κ2) is 8.60. The summed E-state index contributed by atoms with van der Waals surface area (Å²) < 4.78 is 13.2. The molecule has 1 aliphatic rings. The Hall–Kier alpha value is -2.61. The smallest absolute Gasteiger partial charge is 0.227 e. The zero-order valence-corrected chi connectivity index (χ0v) is 16.9. The maximum atomic E-state index is 13.2. The summed E-state index contributed by atoms with van der Waals surface area (Å²) in [4.78, 5) is 13.6. The normalized spacial score (nSPS) is 14.0. The molecule has 2 heterocycles. The van der Waals surface area contributed by atoms with Gasteiger partial charge in [-0.25, -0.2) is 4.39 Å². The summed E-state index contributed by atoms with van der Waals surface area (Å²) in [6, 6.07) is 6.67. The number of benzene rings is 1. The molecular formula is C20H29FN6O. The Morgan fingerprint density at radius 3 is 2.61 bits per heavy atom. The van der Waals surface area contributed by atoms with Crippen LogP contribution in [0.5, 0.6) is 0 Å². The van der Waals surface area contributed by atoms with Crippen molar-refractivity contribution in [2.45, 2.75) is 45.8 Å². The highest BCUT2D eigenvalue weighted by atomic mass is 19.1. The van der Waals surface area contributed by atoms with Gasteiger partial charge in [0.2, 0.25) is 5.95 Å². The van der Waals surface area contributed by atoms with E-state index in [0.717, 1.165) is 29.3 Å². The van der Waals surface area contributed by atoms with Gasteiger partial charge in [0.05, 0.1) is 19.3 Å². The number of fused-ring (bicyclic) bond motifs is 1. The molecule has 3 N–H and O–H groups in total. The van der Waals surface area contributed by atoms with Gasteiger partial charge in [0.15, 0.2) is 11.6 Å². The molecule has 0 fully saturated rings. The first kappa shape index (κ1) is 20.1. The van der Waals surface area contributed by atoms with Gasteiger partial charge in [-0.1, -0.05) is 19.1 Å². The van der Waals surface area contributed by atoms with Crippen molar-refractivity contribution in [3.05, 3.63) is 35.6 Å². The molecule has 2 aromatic rings. The lowest BCUT2D eigenvalue weighted by molar-refractivity contribution is 0.271. The van der Waals surface area contributed by atoms with Crippen LogP contribution < -0.4 is 20.4 Å². The van der Waals surface area contributed by atoms with Crippen molar-refractivity contribution in [2.24, 2.45) is 0 Å². The average Bonchev–Trinajstić information content (AvgIpc) is 3.11. The predicted molar refractivity (Wildman–Crippen MR) is 111 cm³/mol. The molecule has 1 aromatic heterocycles. The van der Waals surface area contributed by atoms with Crippen LogP contribution in [0.2, 0.25) is 0 Å². The monoisotopic (exact) mass is 388 g/mol. The third-order valence-corrected chi connectivity index (χ3v) is 4.93. The second-order valence-electron chi connectivity index (χ2n) is 7.38. The highest BCUT2D eigenvalue weighted by Gasteiger charge is 2.29. The van der Waals surface area contributed by atoms with Crippen LogP contribution in [0.4, 0.5) is 27.7 Å². The van der Waals surface area contributed by atoms with Crippen LogP contribution in [0.1, 0.15) is 32.8 Å². The first-order valence-electron chi connectivity index (χ1n) is 9.68. The third-order valence-electron chi connectivity index (χ3n) is 4.93. The van der Waals surface area contributed by atoms with Gasteiger partial charge in [0.1, 0.15) is 11.5 Å². The van der Waals surface area contributed by atoms with E-state index in [-0.39, 0.29) is 24.5 Å². The Labute approximate surface area is 165 Å². The summed E-state index contributed by atoms with van der Waals surface area (Å²) in [7, 11) is 1.96. The van der Waals surface area contributed by atoms with E-state index in [9.17, 15) is 9.50 Å². The largest absolute Gasteiger partial charge is 0.394 e. The van der Waals surface area contributed by atoms with E-state index in [2.05, 4.69) is 29.4 Å². The number of halogens is 1. The van der Waals surface area contributed by atoms with Gasteiger partial charge in [-0.05, 0) is 38.0 Å². The van der Waals surface area contributed by atoms with Crippen LogP contribution in [-0.2, 0) is 6.54 Å². The first-order valence-corrected chi connectivity index (χ1v) is 9.68. The van der Waals surface area contributed by atoms with Crippen LogP contribution in [0.3, 0.4) is 0 Å². The molecule has 0 amide bonds. The minimum atomic E-state index is -0.246. The third kappa shape index (κ3) is 4.27. The molecule has 0 unspecified atom stereocenters. The van der Waals surface area contributed by atoms with E-state index in [1.165, 1.54) is 12.1 Å². The van der Waals surface area contributed by atoms with Crippen molar-refractivity contribution in [1.82, 2.24) is 9.97 Å². The molecule has 0 aliphatic carbocycles. The zero-order valence-electron chi connectivity index (χ0n) is 16.9. The van der Waals surface area contributed by atoms with Crippen LogP contribution in [0.25, 0.3) is 0 Å². The first-order chi connectivity index (χ1) is 13.4. The molecule has 0 saturated carbocycles. The van der Waals surface area contributed by atoms with Gasteiger partial charge in [0, 0.05) is 19.6 Å². The number of rotatable bonds is 8. The van der Waals surface area contributed by atoms with E-state index in [4.69, 9.17) is 9.97 Å². The van der Waals surface area contributed by atoms with Crippen molar-refractivity contribution in [2.75, 3.05) is 40.8 Å². The fraction of sp³-hybridized carbons (Fsp3) is 0.500.